The van der Waals surface area contributed by atoms with Crippen molar-refractivity contribution in [2.24, 2.45) is 0 Å². The van der Waals surface area contributed by atoms with Crippen molar-refractivity contribution in [2.75, 3.05) is 50.1 Å². The van der Waals surface area contributed by atoms with Crippen molar-refractivity contribution in [3.8, 4) is 5.82 Å². The normalized spacial score (nSPS) is 13.3. The van der Waals surface area contributed by atoms with Gasteiger partial charge in [0.1, 0.15) is 18.0 Å². The largest absolute Gasteiger partial charge is 0.363 e. The number of aryl methyl sites for hydroxylation is 1. The minimum absolute atomic E-state index is 0. The van der Waals surface area contributed by atoms with E-state index in [1.807, 2.05) is 48.8 Å². The van der Waals surface area contributed by atoms with Crippen LogP contribution in [0.3, 0.4) is 0 Å². The van der Waals surface area contributed by atoms with Crippen LogP contribution < -0.4 is 15.1 Å². The molecule has 0 aliphatic carbocycles. The van der Waals surface area contributed by atoms with Gasteiger partial charge < -0.3 is 15.1 Å². The van der Waals surface area contributed by atoms with Crippen LogP contribution in [0, 0.1) is 6.92 Å². The van der Waals surface area contributed by atoms with Gasteiger partial charge in [0, 0.05) is 40.3 Å². The van der Waals surface area contributed by atoms with Crippen LogP contribution in [0.15, 0.2) is 24.5 Å². The Morgan fingerprint density at radius 3 is 2.43 bits per heavy atom. The second-order valence-electron chi connectivity index (χ2n) is 6.38. The molecule has 3 aromatic rings. The third kappa shape index (κ3) is 4.41. The molecule has 1 aliphatic rings. The molecule has 4 rings (SSSR count). The Labute approximate surface area is 183 Å². The molecule has 0 bridgehead atoms. The van der Waals surface area contributed by atoms with E-state index in [9.17, 15) is 0 Å². The highest BCUT2D eigenvalue weighted by Gasteiger charge is 2.21. The molecule has 8 nitrogen and oxygen atoms in total. The maximum absolute atomic E-state index is 4.71. The van der Waals surface area contributed by atoms with E-state index in [2.05, 4.69) is 20.2 Å². The van der Waals surface area contributed by atoms with Gasteiger partial charge in [-0.25, -0.2) is 15.0 Å². The van der Waals surface area contributed by atoms with Crippen LogP contribution in [0.1, 0.15) is 5.69 Å². The molecule has 0 unspecified atom stereocenters. The number of aromatic nitrogens is 5. The number of halogens is 3. The molecule has 0 amide bonds. The summed E-state index contributed by atoms with van der Waals surface area (Å²) < 4.78 is 1.81. The Kier molecular flexibility index (Phi) is 8.69. The quantitative estimate of drug-likeness (QED) is 0.660. The predicted octanol–water partition coefficient (Wildman–Crippen LogP) is 2.26. The second kappa shape index (κ2) is 10.1. The first-order valence-electron chi connectivity index (χ1n) is 8.46. The molecule has 0 atom stereocenters. The van der Waals surface area contributed by atoms with Crippen LogP contribution in [-0.4, -0.2) is 65.0 Å². The van der Waals surface area contributed by atoms with E-state index in [1.165, 1.54) is 0 Å². The van der Waals surface area contributed by atoms with Gasteiger partial charge in [-0.1, -0.05) is 6.07 Å². The Balaban J connectivity index is 0.00000131. The Bertz CT molecular complexity index is 909. The number of nitrogens with one attached hydrogen (secondary N) is 1. The summed E-state index contributed by atoms with van der Waals surface area (Å²) in [6.45, 7) is 5.80. The Morgan fingerprint density at radius 2 is 1.75 bits per heavy atom. The number of fused-ring (bicyclic) bond motifs is 1. The average molecular weight is 448 g/mol. The lowest BCUT2D eigenvalue weighted by molar-refractivity contribution is 0.586. The van der Waals surface area contributed by atoms with E-state index in [0.717, 1.165) is 60.4 Å². The molecule has 0 aromatic carbocycles. The van der Waals surface area contributed by atoms with E-state index in [-0.39, 0.29) is 37.2 Å². The maximum atomic E-state index is 4.71. The zero-order valence-electron chi connectivity index (χ0n) is 16.0. The van der Waals surface area contributed by atoms with E-state index in [4.69, 9.17) is 10.1 Å². The lowest BCUT2D eigenvalue weighted by atomic mass is 10.2. The fourth-order valence-corrected chi connectivity index (χ4v) is 3.15. The molecular formula is C17H25Cl3N8. The van der Waals surface area contributed by atoms with Crippen LogP contribution in [0.25, 0.3) is 16.9 Å². The molecule has 1 aliphatic heterocycles. The topological polar surface area (TPSA) is 75.0 Å². The van der Waals surface area contributed by atoms with Gasteiger partial charge in [0.25, 0.3) is 0 Å². The van der Waals surface area contributed by atoms with Crippen molar-refractivity contribution in [1.82, 2.24) is 30.0 Å². The molecule has 0 saturated carbocycles. The summed E-state index contributed by atoms with van der Waals surface area (Å²) in [5.74, 6) is 2.60. The smallest absolute Gasteiger partial charge is 0.170 e. The Hall–Kier alpha value is -1.87. The van der Waals surface area contributed by atoms with Crippen molar-refractivity contribution < 1.29 is 0 Å². The third-order valence-electron chi connectivity index (χ3n) is 4.43. The molecule has 0 radical (unpaired) electrons. The molecule has 1 N–H and O–H groups in total. The van der Waals surface area contributed by atoms with E-state index >= 15 is 0 Å². The molecule has 4 heterocycles. The van der Waals surface area contributed by atoms with Crippen LogP contribution >= 0.6 is 37.2 Å². The number of pyridine rings is 1. The summed E-state index contributed by atoms with van der Waals surface area (Å²) in [4.78, 5) is 18.0. The molecule has 3 aromatic heterocycles. The molecule has 154 valence electrons. The summed E-state index contributed by atoms with van der Waals surface area (Å²) in [6.07, 6.45) is 1.62. The monoisotopic (exact) mass is 446 g/mol. The predicted molar refractivity (Wildman–Crippen MR) is 120 cm³/mol. The second-order valence-corrected chi connectivity index (χ2v) is 6.38. The fourth-order valence-electron chi connectivity index (χ4n) is 3.15. The van der Waals surface area contributed by atoms with Gasteiger partial charge in [-0.15, -0.1) is 37.2 Å². The van der Waals surface area contributed by atoms with Crippen LogP contribution in [-0.2, 0) is 0 Å². The lowest BCUT2D eigenvalue weighted by Gasteiger charge is -2.28. The molecular weight excluding hydrogens is 423 g/mol. The van der Waals surface area contributed by atoms with E-state index in [0.29, 0.717) is 0 Å². The van der Waals surface area contributed by atoms with Gasteiger partial charge in [-0.2, -0.15) is 9.78 Å². The summed E-state index contributed by atoms with van der Waals surface area (Å²) >= 11 is 0. The minimum Gasteiger partial charge on any atom is -0.363 e. The first-order chi connectivity index (χ1) is 12.1. The highest BCUT2D eigenvalue weighted by atomic mass is 35.5. The molecule has 28 heavy (non-hydrogen) atoms. The number of hydrogen-bond donors (Lipinski definition) is 1. The SMILES string of the molecule is Cc1nn(-c2cccc(N(C)C)n2)c2ncnc(N3CCNCC3)c12.Cl.Cl.Cl. The van der Waals surface area contributed by atoms with Crippen LogP contribution in [0.4, 0.5) is 11.6 Å². The molecule has 11 heteroatoms. The average Bonchev–Trinajstić information content (AvgIpc) is 3.00. The summed E-state index contributed by atoms with van der Waals surface area (Å²) in [6, 6.07) is 5.91. The highest BCUT2D eigenvalue weighted by molar-refractivity contribution is 5.90. The first-order valence-corrected chi connectivity index (χ1v) is 8.46. The fraction of sp³-hybridized carbons (Fsp3) is 0.412. The van der Waals surface area contributed by atoms with Gasteiger partial charge in [-0.05, 0) is 19.1 Å². The molecule has 0 spiro atoms. The number of hydrogen-bond acceptors (Lipinski definition) is 7. The van der Waals surface area contributed by atoms with Gasteiger partial charge in [0.05, 0.1) is 11.1 Å². The summed E-state index contributed by atoms with van der Waals surface area (Å²) in [5, 5.41) is 9.08. The zero-order valence-corrected chi connectivity index (χ0v) is 18.4. The first kappa shape index (κ1) is 24.2. The van der Waals surface area contributed by atoms with Crippen molar-refractivity contribution in [1.29, 1.82) is 0 Å². The summed E-state index contributed by atoms with van der Waals surface area (Å²) in [5.41, 5.74) is 1.71. The summed E-state index contributed by atoms with van der Waals surface area (Å²) in [7, 11) is 3.95. The zero-order chi connectivity index (χ0) is 17.4. The lowest BCUT2D eigenvalue weighted by Crippen LogP contribution is -2.44. The maximum Gasteiger partial charge on any atom is 0.170 e. The molecule has 1 saturated heterocycles. The number of anilines is 2. The van der Waals surface area contributed by atoms with Gasteiger partial charge in [0.2, 0.25) is 0 Å². The van der Waals surface area contributed by atoms with Crippen molar-refractivity contribution in [2.45, 2.75) is 6.92 Å². The van der Waals surface area contributed by atoms with E-state index < -0.39 is 0 Å². The minimum atomic E-state index is 0. The van der Waals surface area contributed by atoms with Crippen molar-refractivity contribution in [3.05, 3.63) is 30.2 Å². The molecule has 1 fully saturated rings. The standard InChI is InChI=1S/C17H22N8.3ClH/c1-12-15-16(24-9-7-18-8-10-24)19-11-20-17(15)25(22-12)14-6-4-5-13(21-14)23(2)3;;;/h4-6,11,18H,7-10H2,1-3H3;3*1H. The van der Waals surface area contributed by atoms with Gasteiger partial charge in [0.15, 0.2) is 11.5 Å². The van der Waals surface area contributed by atoms with Crippen molar-refractivity contribution in [3.63, 3.8) is 0 Å². The highest BCUT2D eigenvalue weighted by Crippen LogP contribution is 2.28. The third-order valence-corrected chi connectivity index (χ3v) is 4.43. The van der Waals surface area contributed by atoms with Crippen LogP contribution in [0.2, 0.25) is 0 Å². The van der Waals surface area contributed by atoms with Gasteiger partial charge in [-0.3, -0.25) is 0 Å². The number of nitrogens with zero attached hydrogens (tertiary/aromatic N) is 7. The van der Waals surface area contributed by atoms with Crippen LogP contribution in [0.5, 0.6) is 0 Å². The number of rotatable bonds is 3. The Morgan fingerprint density at radius 1 is 1.04 bits per heavy atom. The van der Waals surface area contributed by atoms with E-state index in [1.54, 1.807) is 6.33 Å². The number of piperazine rings is 1. The van der Waals surface area contributed by atoms with Gasteiger partial charge >= 0.3 is 0 Å². The van der Waals surface area contributed by atoms with Crippen molar-refractivity contribution >= 4 is 59.9 Å².